The van der Waals surface area contributed by atoms with E-state index in [1.807, 2.05) is 24.4 Å². The molecule has 1 aromatic carbocycles. The molecule has 0 aliphatic rings. The Labute approximate surface area is 156 Å². The second-order valence-corrected chi connectivity index (χ2v) is 7.13. The van der Waals surface area contributed by atoms with E-state index in [1.165, 1.54) is 5.56 Å². The van der Waals surface area contributed by atoms with E-state index in [-0.39, 0.29) is 5.91 Å². The quantitative estimate of drug-likeness (QED) is 0.623. The van der Waals surface area contributed by atoms with Gasteiger partial charge in [0, 0.05) is 37.2 Å². The number of aryl methyl sites for hydroxylation is 1. The van der Waals surface area contributed by atoms with E-state index in [4.69, 9.17) is 4.74 Å². The maximum absolute atomic E-state index is 11.7. The number of nitrogens with zero attached hydrogens (tertiary/aromatic N) is 1. The van der Waals surface area contributed by atoms with Gasteiger partial charge in [-0.05, 0) is 43.4 Å². The molecule has 5 nitrogen and oxygen atoms in total. The zero-order chi connectivity index (χ0) is 18.9. The Bertz CT molecular complexity index is 729. The summed E-state index contributed by atoms with van der Waals surface area (Å²) in [6.45, 7) is 7.90. The number of hydrogen-bond acceptors (Lipinski definition) is 4. The van der Waals surface area contributed by atoms with Crippen LogP contribution in [0, 0.1) is 12.8 Å². The zero-order valence-electron chi connectivity index (χ0n) is 16.4. The van der Waals surface area contributed by atoms with Crippen LogP contribution in [0.15, 0.2) is 24.4 Å². The molecule has 26 heavy (non-hydrogen) atoms. The van der Waals surface area contributed by atoms with E-state index >= 15 is 0 Å². The van der Waals surface area contributed by atoms with Crippen molar-refractivity contribution >= 4 is 22.5 Å². The molecular formula is C21H31N3O2. The van der Waals surface area contributed by atoms with Gasteiger partial charge in [-0.2, -0.15) is 0 Å². The highest BCUT2D eigenvalue weighted by molar-refractivity contribution is 5.93. The number of benzene rings is 1. The molecule has 0 spiro atoms. The number of hydrogen-bond donors (Lipinski definition) is 2. The molecule has 0 atom stereocenters. The largest absolute Gasteiger partial charge is 0.497 e. The fourth-order valence-corrected chi connectivity index (χ4v) is 2.83. The second-order valence-electron chi connectivity index (χ2n) is 7.13. The minimum Gasteiger partial charge on any atom is -0.497 e. The number of fused-ring (bicyclic) bond motifs is 1. The number of aromatic nitrogens is 1. The van der Waals surface area contributed by atoms with E-state index < -0.39 is 0 Å². The van der Waals surface area contributed by atoms with Crippen molar-refractivity contribution < 1.29 is 9.53 Å². The maximum Gasteiger partial charge on any atom is 0.220 e. The number of carbonyl (C=O) groups excluding carboxylic acids is 1. The number of pyridine rings is 1. The molecule has 0 saturated carbocycles. The molecule has 0 aliphatic carbocycles. The van der Waals surface area contributed by atoms with Gasteiger partial charge in [0.2, 0.25) is 5.91 Å². The van der Waals surface area contributed by atoms with E-state index in [9.17, 15) is 4.79 Å². The van der Waals surface area contributed by atoms with Gasteiger partial charge < -0.3 is 15.4 Å². The van der Waals surface area contributed by atoms with Gasteiger partial charge >= 0.3 is 0 Å². The predicted molar refractivity (Wildman–Crippen MR) is 108 cm³/mol. The van der Waals surface area contributed by atoms with Crippen molar-refractivity contribution in [2.45, 2.75) is 46.5 Å². The highest BCUT2D eigenvalue weighted by Gasteiger charge is 2.08. The smallest absolute Gasteiger partial charge is 0.220 e. The first-order valence-corrected chi connectivity index (χ1v) is 9.45. The first-order chi connectivity index (χ1) is 12.5. The molecular weight excluding hydrogens is 326 g/mol. The molecule has 0 unspecified atom stereocenters. The summed E-state index contributed by atoms with van der Waals surface area (Å²) in [6.07, 6.45) is 5.40. The number of rotatable bonds is 10. The number of amides is 1. The van der Waals surface area contributed by atoms with Crippen LogP contribution in [0.2, 0.25) is 0 Å². The molecule has 2 N–H and O–H groups in total. The summed E-state index contributed by atoms with van der Waals surface area (Å²) in [4.78, 5) is 16.2. The van der Waals surface area contributed by atoms with Crippen LogP contribution in [-0.2, 0) is 4.79 Å². The number of methoxy groups -OCH3 is 1. The normalized spacial score (nSPS) is 11.0. The molecule has 2 aromatic rings. The maximum atomic E-state index is 11.7. The van der Waals surface area contributed by atoms with Crippen molar-refractivity contribution in [3.05, 3.63) is 30.0 Å². The Morgan fingerprint density at radius 1 is 1.23 bits per heavy atom. The van der Waals surface area contributed by atoms with Crippen molar-refractivity contribution in [3.63, 3.8) is 0 Å². The van der Waals surface area contributed by atoms with Crippen molar-refractivity contribution in [2.75, 3.05) is 25.5 Å². The summed E-state index contributed by atoms with van der Waals surface area (Å²) in [5, 5.41) is 7.54. The van der Waals surface area contributed by atoms with E-state index in [0.29, 0.717) is 12.3 Å². The van der Waals surface area contributed by atoms with Gasteiger partial charge in [0.1, 0.15) is 5.75 Å². The molecule has 1 aromatic heterocycles. The van der Waals surface area contributed by atoms with Crippen LogP contribution in [0.1, 0.15) is 45.1 Å². The second kappa shape index (κ2) is 10.00. The summed E-state index contributed by atoms with van der Waals surface area (Å²) < 4.78 is 5.42. The van der Waals surface area contributed by atoms with E-state index in [1.54, 1.807) is 7.11 Å². The van der Waals surface area contributed by atoms with Gasteiger partial charge in [0.25, 0.3) is 0 Å². The first kappa shape index (κ1) is 20.0. The third-order valence-corrected chi connectivity index (χ3v) is 4.38. The first-order valence-electron chi connectivity index (χ1n) is 9.45. The van der Waals surface area contributed by atoms with Crippen molar-refractivity contribution in [1.29, 1.82) is 0 Å². The minimum absolute atomic E-state index is 0.158. The number of anilines is 1. The predicted octanol–water partition coefficient (Wildman–Crippen LogP) is 4.30. The van der Waals surface area contributed by atoms with E-state index in [2.05, 4.69) is 36.4 Å². The average molecular weight is 357 g/mol. The summed E-state index contributed by atoms with van der Waals surface area (Å²) in [5.41, 5.74) is 3.15. The average Bonchev–Trinajstić information content (AvgIpc) is 2.63. The molecule has 0 fully saturated rings. The summed E-state index contributed by atoms with van der Waals surface area (Å²) >= 11 is 0. The Morgan fingerprint density at radius 3 is 2.77 bits per heavy atom. The van der Waals surface area contributed by atoms with Crippen LogP contribution in [0.4, 0.5) is 5.69 Å². The molecule has 5 heteroatoms. The summed E-state index contributed by atoms with van der Waals surface area (Å²) in [7, 11) is 1.68. The monoisotopic (exact) mass is 357 g/mol. The number of nitrogens with one attached hydrogen (secondary N) is 2. The lowest BCUT2D eigenvalue weighted by atomic mass is 10.1. The number of ether oxygens (including phenoxy) is 1. The van der Waals surface area contributed by atoms with Crippen molar-refractivity contribution in [2.24, 2.45) is 5.92 Å². The van der Waals surface area contributed by atoms with Gasteiger partial charge in [-0.1, -0.05) is 20.3 Å². The molecule has 0 saturated heterocycles. The van der Waals surface area contributed by atoms with Crippen molar-refractivity contribution in [1.82, 2.24) is 10.3 Å². The SMILES string of the molecule is COc1cc(NCCCCCC(=O)NCC(C)C)c2nccc(C)c2c1. The Morgan fingerprint density at radius 2 is 2.04 bits per heavy atom. The molecule has 1 heterocycles. The van der Waals surface area contributed by atoms with Gasteiger partial charge in [-0.15, -0.1) is 0 Å². The Hall–Kier alpha value is -2.30. The zero-order valence-corrected chi connectivity index (χ0v) is 16.4. The van der Waals surface area contributed by atoms with Crippen LogP contribution >= 0.6 is 0 Å². The lowest BCUT2D eigenvalue weighted by Crippen LogP contribution is -2.26. The Balaban J connectivity index is 1.81. The van der Waals surface area contributed by atoms with Gasteiger partial charge in [0.05, 0.1) is 18.3 Å². The van der Waals surface area contributed by atoms with Crippen LogP contribution in [0.3, 0.4) is 0 Å². The fourth-order valence-electron chi connectivity index (χ4n) is 2.83. The summed E-state index contributed by atoms with van der Waals surface area (Å²) in [6, 6.07) is 6.03. The standard InChI is InChI=1S/C21H31N3O2/c1-15(2)14-24-20(25)8-6-5-7-10-22-19-13-17(26-4)12-18-16(3)9-11-23-21(18)19/h9,11-13,15,22H,5-8,10,14H2,1-4H3,(H,24,25). The highest BCUT2D eigenvalue weighted by Crippen LogP contribution is 2.29. The molecule has 0 aliphatic heterocycles. The highest BCUT2D eigenvalue weighted by atomic mass is 16.5. The van der Waals surface area contributed by atoms with E-state index in [0.717, 1.165) is 54.7 Å². The number of unbranched alkanes of at least 4 members (excludes halogenated alkanes) is 2. The third-order valence-electron chi connectivity index (χ3n) is 4.38. The summed E-state index contributed by atoms with van der Waals surface area (Å²) in [5.74, 6) is 1.49. The third kappa shape index (κ3) is 5.90. The van der Waals surface area contributed by atoms with Crippen LogP contribution in [-0.4, -0.2) is 31.1 Å². The lowest BCUT2D eigenvalue weighted by Gasteiger charge is -2.12. The molecule has 142 valence electrons. The molecule has 2 rings (SSSR count). The Kier molecular flexibility index (Phi) is 7.70. The van der Waals surface area contributed by atoms with Crippen LogP contribution < -0.4 is 15.4 Å². The van der Waals surface area contributed by atoms with Crippen LogP contribution in [0.5, 0.6) is 5.75 Å². The van der Waals surface area contributed by atoms with Crippen LogP contribution in [0.25, 0.3) is 10.9 Å². The molecule has 0 bridgehead atoms. The van der Waals surface area contributed by atoms with Gasteiger partial charge in [-0.25, -0.2) is 0 Å². The minimum atomic E-state index is 0.158. The molecule has 1 amide bonds. The lowest BCUT2D eigenvalue weighted by molar-refractivity contribution is -0.121. The topological polar surface area (TPSA) is 63.2 Å². The van der Waals surface area contributed by atoms with Gasteiger partial charge in [0.15, 0.2) is 0 Å². The molecule has 0 radical (unpaired) electrons. The van der Waals surface area contributed by atoms with Crippen molar-refractivity contribution in [3.8, 4) is 5.75 Å². The fraction of sp³-hybridized carbons (Fsp3) is 0.524. The van der Waals surface area contributed by atoms with Gasteiger partial charge in [-0.3, -0.25) is 9.78 Å². The number of carbonyl (C=O) groups is 1.